The molecule has 1 aliphatic rings. The van der Waals surface area contributed by atoms with Gasteiger partial charge in [-0.25, -0.2) is 0 Å². The lowest BCUT2D eigenvalue weighted by Gasteiger charge is -2.31. The minimum Gasteiger partial charge on any atom is -0.487 e. The van der Waals surface area contributed by atoms with Gasteiger partial charge in [-0.15, -0.1) is 0 Å². The van der Waals surface area contributed by atoms with Crippen LogP contribution in [-0.2, 0) is 11.3 Å². The van der Waals surface area contributed by atoms with Crippen LogP contribution in [0.2, 0.25) is 0 Å². The Hall–Kier alpha value is -2.29. The van der Waals surface area contributed by atoms with E-state index >= 15 is 0 Å². The van der Waals surface area contributed by atoms with E-state index in [1.165, 1.54) is 5.56 Å². The zero-order valence-electron chi connectivity index (χ0n) is 12.5. The molecule has 3 rings (SSSR count). The Morgan fingerprint density at radius 2 is 2.05 bits per heavy atom. The first kappa shape index (κ1) is 13.7. The van der Waals surface area contributed by atoms with Gasteiger partial charge in [0.1, 0.15) is 11.9 Å². The quantitative estimate of drug-likeness (QED) is 0.859. The maximum absolute atomic E-state index is 5.99. The van der Waals surface area contributed by atoms with Crippen molar-refractivity contribution < 1.29 is 4.74 Å². The van der Waals surface area contributed by atoms with Gasteiger partial charge in [0.2, 0.25) is 0 Å². The van der Waals surface area contributed by atoms with E-state index in [4.69, 9.17) is 4.74 Å². The van der Waals surface area contributed by atoms with Crippen molar-refractivity contribution in [1.82, 2.24) is 9.88 Å². The summed E-state index contributed by atoms with van der Waals surface area (Å²) in [5, 5.41) is 0. The number of benzene rings is 1. The predicted octanol–water partition coefficient (Wildman–Crippen LogP) is 3.61. The number of hydrogen-bond acceptors (Lipinski definition) is 3. The van der Waals surface area contributed by atoms with Crippen molar-refractivity contribution >= 4 is 5.76 Å². The molecule has 0 saturated heterocycles. The maximum atomic E-state index is 5.99. The van der Waals surface area contributed by atoms with Crippen molar-refractivity contribution in [3.8, 4) is 0 Å². The SMILES string of the molecule is Cc1cc(C2=CN(Cc3ccccc3)CC(C)O2)ccn1. The highest BCUT2D eigenvalue weighted by Crippen LogP contribution is 2.24. The molecule has 1 aromatic carbocycles. The fourth-order valence-electron chi connectivity index (χ4n) is 2.60. The Balaban J connectivity index is 1.83. The third kappa shape index (κ3) is 3.43. The van der Waals surface area contributed by atoms with E-state index < -0.39 is 0 Å². The second-order valence-electron chi connectivity index (χ2n) is 5.52. The smallest absolute Gasteiger partial charge is 0.142 e. The number of nitrogens with zero attached hydrogens (tertiary/aromatic N) is 2. The molecule has 1 atom stereocenters. The first-order valence-corrected chi connectivity index (χ1v) is 7.30. The average Bonchev–Trinajstić information content (AvgIpc) is 2.48. The first-order valence-electron chi connectivity index (χ1n) is 7.30. The van der Waals surface area contributed by atoms with Crippen molar-refractivity contribution in [2.24, 2.45) is 0 Å². The highest BCUT2D eigenvalue weighted by atomic mass is 16.5. The molecule has 108 valence electrons. The number of ether oxygens (including phenoxy) is 1. The average molecular weight is 280 g/mol. The standard InChI is InChI=1S/C18H20N2O/c1-14-10-17(8-9-19-14)18-13-20(11-15(2)21-18)12-16-6-4-3-5-7-16/h3-10,13,15H,11-12H2,1-2H3. The highest BCUT2D eigenvalue weighted by Gasteiger charge is 2.19. The van der Waals surface area contributed by atoms with Crippen LogP contribution >= 0.6 is 0 Å². The lowest BCUT2D eigenvalue weighted by Crippen LogP contribution is -2.32. The molecule has 0 saturated carbocycles. The lowest BCUT2D eigenvalue weighted by molar-refractivity contribution is 0.116. The van der Waals surface area contributed by atoms with Crippen LogP contribution in [0, 0.1) is 6.92 Å². The summed E-state index contributed by atoms with van der Waals surface area (Å²) >= 11 is 0. The van der Waals surface area contributed by atoms with E-state index in [0.29, 0.717) is 0 Å². The van der Waals surface area contributed by atoms with Crippen molar-refractivity contribution in [1.29, 1.82) is 0 Å². The van der Waals surface area contributed by atoms with Crippen molar-refractivity contribution in [2.75, 3.05) is 6.54 Å². The van der Waals surface area contributed by atoms with E-state index in [1.807, 2.05) is 25.3 Å². The first-order chi connectivity index (χ1) is 10.2. The summed E-state index contributed by atoms with van der Waals surface area (Å²) < 4.78 is 5.99. The van der Waals surface area contributed by atoms with Gasteiger partial charge in [0.25, 0.3) is 0 Å². The summed E-state index contributed by atoms with van der Waals surface area (Å²) in [6.45, 7) is 5.92. The minimum atomic E-state index is 0.183. The van der Waals surface area contributed by atoms with Gasteiger partial charge >= 0.3 is 0 Å². The summed E-state index contributed by atoms with van der Waals surface area (Å²) in [6, 6.07) is 14.6. The van der Waals surface area contributed by atoms with Crippen LogP contribution in [-0.4, -0.2) is 22.5 Å². The highest BCUT2D eigenvalue weighted by molar-refractivity contribution is 5.60. The molecule has 0 fully saturated rings. The van der Waals surface area contributed by atoms with Gasteiger partial charge < -0.3 is 9.64 Å². The Kier molecular flexibility index (Phi) is 3.91. The monoisotopic (exact) mass is 280 g/mol. The molecule has 0 amide bonds. The van der Waals surface area contributed by atoms with E-state index in [-0.39, 0.29) is 6.10 Å². The molecule has 21 heavy (non-hydrogen) atoms. The molecule has 1 aliphatic heterocycles. The molecular formula is C18H20N2O. The molecule has 0 spiro atoms. The fourth-order valence-corrected chi connectivity index (χ4v) is 2.60. The van der Waals surface area contributed by atoms with Gasteiger partial charge in [-0.05, 0) is 31.5 Å². The Morgan fingerprint density at radius 1 is 1.24 bits per heavy atom. The number of rotatable bonds is 3. The largest absolute Gasteiger partial charge is 0.487 e. The van der Waals surface area contributed by atoms with Crippen LogP contribution in [0.3, 0.4) is 0 Å². The van der Waals surface area contributed by atoms with E-state index in [0.717, 1.165) is 30.1 Å². The van der Waals surface area contributed by atoms with Crippen molar-refractivity contribution in [3.05, 3.63) is 71.7 Å². The van der Waals surface area contributed by atoms with Gasteiger partial charge in [-0.2, -0.15) is 0 Å². The van der Waals surface area contributed by atoms with Gasteiger partial charge in [-0.3, -0.25) is 4.98 Å². The van der Waals surface area contributed by atoms with Crippen LogP contribution in [0.25, 0.3) is 5.76 Å². The maximum Gasteiger partial charge on any atom is 0.142 e. The summed E-state index contributed by atoms with van der Waals surface area (Å²) in [4.78, 5) is 6.56. The molecule has 2 aromatic rings. The Bertz CT molecular complexity index is 637. The normalized spacial score (nSPS) is 18.1. The second-order valence-corrected chi connectivity index (χ2v) is 5.52. The van der Waals surface area contributed by atoms with Crippen LogP contribution in [0.4, 0.5) is 0 Å². The molecule has 1 aromatic heterocycles. The predicted molar refractivity (Wildman–Crippen MR) is 84.4 cm³/mol. The third-order valence-electron chi connectivity index (χ3n) is 3.53. The van der Waals surface area contributed by atoms with Crippen LogP contribution < -0.4 is 0 Å². The molecule has 3 heteroatoms. The number of aromatic nitrogens is 1. The van der Waals surface area contributed by atoms with Gasteiger partial charge in [0, 0.05) is 30.2 Å². The summed E-state index contributed by atoms with van der Waals surface area (Å²) in [5.74, 6) is 0.926. The zero-order valence-corrected chi connectivity index (χ0v) is 12.5. The van der Waals surface area contributed by atoms with Crippen LogP contribution in [0.5, 0.6) is 0 Å². The van der Waals surface area contributed by atoms with E-state index in [1.54, 1.807) is 0 Å². The van der Waals surface area contributed by atoms with Gasteiger partial charge in [0.15, 0.2) is 0 Å². The molecular weight excluding hydrogens is 260 g/mol. The summed E-state index contributed by atoms with van der Waals surface area (Å²) in [5.41, 5.74) is 3.41. The number of pyridine rings is 1. The zero-order chi connectivity index (χ0) is 14.7. The fraction of sp³-hybridized carbons (Fsp3) is 0.278. The van der Waals surface area contributed by atoms with E-state index in [9.17, 15) is 0 Å². The molecule has 0 bridgehead atoms. The van der Waals surface area contributed by atoms with Gasteiger partial charge in [0.05, 0.1) is 6.54 Å². The molecule has 0 aliphatic carbocycles. The molecule has 3 nitrogen and oxygen atoms in total. The Morgan fingerprint density at radius 3 is 2.81 bits per heavy atom. The minimum absolute atomic E-state index is 0.183. The number of aryl methyl sites for hydroxylation is 1. The van der Waals surface area contributed by atoms with Crippen LogP contribution in [0.15, 0.2) is 54.9 Å². The van der Waals surface area contributed by atoms with Gasteiger partial charge in [-0.1, -0.05) is 30.3 Å². The van der Waals surface area contributed by atoms with Crippen LogP contribution in [0.1, 0.15) is 23.7 Å². The molecule has 0 radical (unpaired) electrons. The molecule has 2 heterocycles. The lowest BCUT2D eigenvalue weighted by atomic mass is 10.1. The summed E-state index contributed by atoms with van der Waals surface area (Å²) in [7, 11) is 0. The van der Waals surface area contributed by atoms with Crippen molar-refractivity contribution in [3.63, 3.8) is 0 Å². The summed E-state index contributed by atoms with van der Waals surface area (Å²) in [6.07, 6.45) is 4.12. The molecule has 0 N–H and O–H groups in total. The third-order valence-corrected chi connectivity index (χ3v) is 3.53. The second kappa shape index (κ2) is 6.00. The Labute approximate surface area is 125 Å². The van der Waals surface area contributed by atoms with E-state index in [2.05, 4.69) is 53.3 Å². The number of hydrogen-bond donors (Lipinski definition) is 0. The topological polar surface area (TPSA) is 25.4 Å². The van der Waals surface area contributed by atoms with Crippen molar-refractivity contribution in [2.45, 2.75) is 26.5 Å². The molecule has 1 unspecified atom stereocenters.